The average molecular weight is 396 g/mol. The summed E-state index contributed by atoms with van der Waals surface area (Å²) in [6.07, 6.45) is 4.72. The zero-order valence-corrected chi connectivity index (χ0v) is 16.2. The zero-order valence-electron chi connectivity index (χ0n) is 16.2. The minimum Gasteiger partial charge on any atom is -0.486 e. The highest BCUT2D eigenvalue weighted by atomic mass is 19.1. The SMILES string of the molecule is C=C1N[C@H](C)COc2ncc(F)cc2CN2c3nc4c1cnn4cc3OC[C@H]2C. The molecule has 9 heteroatoms. The van der Waals surface area contributed by atoms with E-state index >= 15 is 0 Å². The molecule has 5 heterocycles. The zero-order chi connectivity index (χ0) is 20.1. The third kappa shape index (κ3) is 3.02. The van der Waals surface area contributed by atoms with Crippen molar-refractivity contribution >= 4 is 17.2 Å². The van der Waals surface area contributed by atoms with Crippen molar-refractivity contribution in [1.82, 2.24) is 24.9 Å². The minimum atomic E-state index is -0.404. The van der Waals surface area contributed by atoms with Crippen LogP contribution in [0.1, 0.15) is 25.0 Å². The molecule has 5 rings (SSSR count). The van der Waals surface area contributed by atoms with Crippen LogP contribution in [0.3, 0.4) is 0 Å². The van der Waals surface area contributed by atoms with E-state index in [9.17, 15) is 4.39 Å². The van der Waals surface area contributed by atoms with Crippen LogP contribution >= 0.6 is 0 Å². The average Bonchev–Trinajstić information content (AvgIpc) is 3.10. The van der Waals surface area contributed by atoms with E-state index in [1.807, 2.05) is 20.0 Å². The molecule has 0 spiro atoms. The minimum absolute atomic E-state index is 0.0327. The van der Waals surface area contributed by atoms with Crippen molar-refractivity contribution in [2.24, 2.45) is 0 Å². The summed E-state index contributed by atoms with van der Waals surface area (Å²) in [7, 11) is 0. The van der Waals surface area contributed by atoms with Crippen molar-refractivity contribution in [3.63, 3.8) is 0 Å². The molecule has 0 aliphatic carbocycles. The van der Waals surface area contributed by atoms with Gasteiger partial charge in [0.1, 0.15) is 19.0 Å². The van der Waals surface area contributed by atoms with Crippen LogP contribution in [0.2, 0.25) is 0 Å². The van der Waals surface area contributed by atoms with Crippen molar-refractivity contribution in [2.75, 3.05) is 18.1 Å². The molecule has 0 aromatic carbocycles. The number of nitrogens with zero attached hydrogens (tertiary/aromatic N) is 5. The topological polar surface area (TPSA) is 76.8 Å². The van der Waals surface area contributed by atoms with Crippen LogP contribution < -0.4 is 19.7 Å². The molecule has 29 heavy (non-hydrogen) atoms. The fraction of sp³-hybridized carbons (Fsp3) is 0.350. The fourth-order valence-electron chi connectivity index (χ4n) is 3.66. The molecule has 2 atom stereocenters. The van der Waals surface area contributed by atoms with Crippen LogP contribution in [0.5, 0.6) is 11.6 Å². The molecular weight excluding hydrogens is 375 g/mol. The van der Waals surface area contributed by atoms with Gasteiger partial charge in [0, 0.05) is 11.3 Å². The Morgan fingerprint density at radius 2 is 2.10 bits per heavy atom. The van der Waals surface area contributed by atoms with Crippen molar-refractivity contribution in [1.29, 1.82) is 0 Å². The van der Waals surface area contributed by atoms with Gasteiger partial charge in [-0.25, -0.2) is 18.9 Å². The maximum Gasteiger partial charge on any atom is 0.218 e. The molecule has 3 aromatic heterocycles. The van der Waals surface area contributed by atoms with Gasteiger partial charge in [-0.15, -0.1) is 0 Å². The maximum atomic E-state index is 14.0. The lowest BCUT2D eigenvalue weighted by Gasteiger charge is -2.35. The molecule has 0 saturated heterocycles. The normalized spacial score (nSPS) is 21.3. The Labute approximate surface area is 167 Å². The lowest BCUT2D eigenvalue weighted by atomic mass is 10.2. The van der Waals surface area contributed by atoms with Crippen LogP contribution in [-0.4, -0.2) is 44.9 Å². The van der Waals surface area contributed by atoms with Gasteiger partial charge >= 0.3 is 0 Å². The lowest BCUT2D eigenvalue weighted by Crippen LogP contribution is -2.41. The highest BCUT2D eigenvalue weighted by Crippen LogP contribution is 2.35. The van der Waals surface area contributed by atoms with Crippen LogP contribution in [-0.2, 0) is 6.54 Å². The summed E-state index contributed by atoms with van der Waals surface area (Å²) in [5, 5.41) is 7.71. The molecule has 0 radical (unpaired) electrons. The predicted octanol–water partition coefficient (Wildman–Crippen LogP) is 2.39. The van der Waals surface area contributed by atoms with Crippen molar-refractivity contribution in [3.8, 4) is 11.6 Å². The lowest BCUT2D eigenvalue weighted by molar-refractivity contribution is 0.259. The highest BCUT2D eigenvalue weighted by Gasteiger charge is 2.29. The molecule has 2 aliphatic rings. The summed E-state index contributed by atoms with van der Waals surface area (Å²) in [4.78, 5) is 11.1. The Hall–Kier alpha value is -3.36. The summed E-state index contributed by atoms with van der Waals surface area (Å²) in [5.74, 6) is 1.31. The molecule has 0 fully saturated rings. The molecule has 150 valence electrons. The Bertz CT molecular complexity index is 1110. The van der Waals surface area contributed by atoms with Gasteiger partial charge in [0.25, 0.3) is 0 Å². The number of nitrogens with one attached hydrogen (secondary N) is 1. The molecule has 8 nitrogen and oxygen atoms in total. The number of ether oxygens (including phenoxy) is 2. The molecule has 2 aliphatic heterocycles. The molecule has 0 amide bonds. The van der Waals surface area contributed by atoms with Gasteiger partial charge in [-0.2, -0.15) is 5.10 Å². The quantitative estimate of drug-likeness (QED) is 0.625. The number of anilines is 1. The van der Waals surface area contributed by atoms with Crippen molar-refractivity contribution in [3.05, 3.63) is 48.2 Å². The second-order valence-electron chi connectivity index (χ2n) is 7.50. The summed E-state index contributed by atoms with van der Waals surface area (Å²) in [5.41, 5.74) is 2.84. The molecule has 2 bridgehead atoms. The standard InChI is InChI=1S/C20H21FN6O2/c1-11-9-29-20-14(4-15(21)5-22-20)7-26-12(2)10-28-17-8-27-18(25-19(17)26)16(6-23-27)13(3)24-11/h4-6,8,11-12,24H,3,7,9-10H2,1-2H3/t11-,12-/m1/s1. The summed E-state index contributed by atoms with van der Waals surface area (Å²) in [6, 6.07) is 1.44. The summed E-state index contributed by atoms with van der Waals surface area (Å²) in [6.45, 7) is 9.40. The van der Waals surface area contributed by atoms with Crippen molar-refractivity contribution in [2.45, 2.75) is 32.5 Å². The molecule has 0 saturated carbocycles. The Kier molecular flexibility index (Phi) is 4.04. The molecule has 1 N–H and O–H groups in total. The second kappa shape index (κ2) is 6.61. The smallest absolute Gasteiger partial charge is 0.218 e. The monoisotopic (exact) mass is 396 g/mol. The van der Waals surface area contributed by atoms with Crippen LogP contribution in [0, 0.1) is 5.82 Å². The third-order valence-electron chi connectivity index (χ3n) is 5.17. The maximum absolute atomic E-state index is 14.0. The van der Waals surface area contributed by atoms with Gasteiger partial charge in [-0.05, 0) is 19.9 Å². The van der Waals surface area contributed by atoms with E-state index in [4.69, 9.17) is 14.5 Å². The van der Waals surface area contributed by atoms with E-state index < -0.39 is 5.82 Å². The van der Waals surface area contributed by atoms with Crippen molar-refractivity contribution < 1.29 is 13.9 Å². The van der Waals surface area contributed by atoms with Crippen LogP contribution in [0.15, 0.2) is 31.2 Å². The first-order chi connectivity index (χ1) is 14.0. The van der Waals surface area contributed by atoms with E-state index in [-0.39, 0.29) is 12.1 Å². The predicted molar refractivity (Wildman–Crippen MR) is 105 cm³/mol. The number of hydrogen-bond acceptors (Lipinski definition) is 7. The van der Waals surface area contributed by atoms with Crippen LogP contribution in [0.4, 0.5) is 10.2 Å². The molecule has 0 unspecified atom stereocenters. The number of pyridine rings is 1. The Balaban J connectivity index is 1.70. The second-order valence-corrected chi connectivity index (χ2v) is 7.50. The van der Waals surface area contributed by atoms with Gasteiger partial charge in [-0.1, -0.05) is 6.58 Å². The number of halogens is 1. The van der Waals surface area contributed by atoms with Gasteiger partial charge in [0.15, 0.2) is 17.2 Å². The first-order valence-corrected chi connectivity index (χ1v) is 9.50. The van der Waals surface area contributed by atoms with Gasteiger partial charge in [0.05, 0.1) is 42.8 Å². The van der Waals surface area contributed by atoms with Crippen LogP contribution in [0.25, 0.3) is 11.3 Å². The number of fused-ring (bicyclic) bond motifs is 1. The van der Waals surface area contributed by atoms with E-state index in [0.717, 1.165) is 5.56 Å². The van der Waals surface area contributed by atoms with Gasteiger partial charge in [0.2, 0.25) is 5.88 Å². The first kappa shape index (κ1) is 17.7. The largest absolute Gasteiger partial charge is 0.486 e. The summed E-state index contributed by atoms with van der Waals surface area (Å²) < 4.78 is 27.5. The highest BCUT2D eigenvalue weighted by molar-refractivity contribution is 5.75. The summed E-state index contributed by atoms with van der Waals surface area (Å²) >= 11 is 0. The van der Waals surface area contributed by atoms with E-state index in [1.54, 1.807) is 10.7 Å². The van der Waals surface area contributed by atoms with E-state index in [1.165, 1.54) is 12.3 Å². The fourth-order valence-corrected chi connectivity index (χ4v) is 3.66. The molecular formula is C20H21FN6O2. The number of aromatic nitrogens is 4. The number of hydrogen-bond donors (Lipinski definition) is 1. The Morgan fingerprint density at radius 1 is 1.24 bits per heavy atom. The van der Waals surface area contributed by atoms with E-state index in [0.29, 0.717) is 54.1 Å². The van der Waals surface area contributed by atoms with Gasteiger partial charge < -0.3 is 19.7 Å². The molecule has 3 aromatic rings. The Morgan fingerprint density at radius 3 is 2.97 bits per heavy atom. The van der Waals surface area contributed by atoms with E-state index in [2.05, 4.69) is 26.9 Å². The third-order valence-corrected chi connectivity index (χ3v) is 5.17. The number of rotatable bonds is 0. The first-order valence-electron chi connectivity index (χ1n) is 9.50. The van der Waals surface area contributed by atoms with Gasteiger partial charge in [-0.3, -0.25) is 0 Å².